The molecule has 2 aliphatic rings. The molecule has 118 valence electrons. The fraction of sp³-hybridized carbons (Fsp3) is 0.667. The van der Waals surface area contributed by atoms with Crippen molar-refractivity contribution in [2.75, 3.05) is 6.61 Å². The van der Waals surface area contributed by atoms with Gasteiger partial charge in [0.2, 0.25) is 0 Å². The minimum atomic E-state index is -4.12. The Morgan fingerprint density at radius 2 is 1.81 bits per heavy atom. The van der Waals surface area contributed by atoms with E-state index in [4.69, 9.17) is 4.74 Å². The first kappa shape index (κ1) is 16.0. The predicted octanol–water partition coefficient (Wildman–Crippen LogP) is 4.33. The number of allylic oxidation sites excluding steroid dienone is 3. The number of halogens is 4. The Bertz CT molecular complexity index is 457. The van der Waals surface area contributed by atoms with Crippen molar-refractivity contribution >= 4 is 5.78 Å². The van der Waals surface area contributed by atoms with Gasteiger partial charge in [0.1, 0.15) is 11.6 Å². The summed E-state index contributed by atoms with van der Waals surface area (Å²) in [7, 11) is 0. The van der Waals surface area contributed by atoms with Crippen molar-refractivity contribution in [1.82, 2.24) is 0 Å². The summed E-state index contributed by atoms with van der Waals surface area (Å²) in [6.07, 6.45) is -0.607. The lowest BCUT2D eigenvalue weighted by Gasteiger charge is -2.30. The van der Waals surface area contributed by atoms with Crippen molar-refractivity contribution in [2.45, 2.75) is 38.8 Å². The topological polar surface area (TPSA) is 26.3 Å². The highest BCUT2D eigenvalue weighted by atomic mass is 19.4. The molecule has 6 heteroatoms. The fourth-order valence-corrected chi connectivity index (χ4v) is 2.66. The molecule has 0 amide bonds. The van der Waals surface area contributed by atoms with Crippen LogP contribution in [0.5, 0.6) is 0 Å². The van der Waals surface area contributed by atoms with Crippen molar-refractivity contribution in [3.05, 3.63) is 23.7 Å². The summed E-state index contributed by atoms with van der Waals surface area (Å²) in [4.78, 5) is 11.5. The van der Waals surface area contributed by atoms with Gasteiger partial charge in [0.25, 0.3) is 0 Å². The second kappa shape index (κ2) is 6.20. The first-order valence-corrected chi connectivity index (χ1v) is 7.09. The molecule has 2 aliphatic carbocycles. The highest BCUT2D eigenvalue weighted by molar-refractivity contribution is 5.95. The van der Waals surface area contributed by atoms with E-state index in [-0.39, 0.29) is 36.9 Å². The van der Waals surface area contributed by atoms with Gasteiger partial charge in [-0.25, -0.2) is 4.39 Å². The molecule has 2 nitrogen and oxygen atoms in total. The summed E-state index contributed by atoms with van der Waals surface area (Å²) in [5, 5.41) is 0. The molecule has 0 heterocycles. The van der Waals surface area contributed by atoms with Gasteiger partial charge < -0.3 is 4.74 Å². The lowest BCUT2D eigenvalue weighted by molar-refractivity contribution is -0.184. The second-order valence-electron chi connectivity index (χ2n) is 5.77. The third-order valence-corrected chi connectivity index (χ3v) is 4.20. The molecule has 0 aromatic carbocycles. The zero-order valence-electron chi connectivity index (χ0n) is 11.8. The molecule has 1 saturated carbocycles. The minimum Gasteiger partial charge on any atom is -0.493 e. The van der Waals surface area contributed by atoms with Gasteiger partial charge in [0, 0.05) is 12.2 Å². The van der Waals surface area contributed by atoms with Crippen LogP contribution in [0.25, 0.3) is 0 Å². The maximum atomic E-state index is 13.4. The van der Waals surface area contributed by atoms with Gasteiger partial charge in [-0.05, 0) is 38.5 Å². The van der Waals surface area contributed by atoms with E-state index in [1.54, 1.807) is 0 Å². The first-order valence-electron chi connectivity index (χ1n) is 7.09. The standard InChI is InChI=1S/C15H18F4O2/c1-9-13(16)6-12(7-14(9)20)21-8-10-2-4-11(5-3-10)15(17,18)19/h6-7,9-11H,2-5,8H2,1H3. The average molecular weight is 306 g/mol. The maximum absolute atomic E-state index is 13.4. The Balaban J connectivity index is 1.81. The SMILES string of the molecule is CC1C(=O)C=C(OCC2CCC(C(F)(F)F)CC2)C=C1F. The Hall–Kier alpha value is -1.33. The largest absolute Gasteiger partial charge is 0.493 e. The Kier molecular flexibility index (Phi) is 4.74. The number of ketones is 1. The molecule has 0 radical (unpaired) electrons. The Morgan fingerprint density at radius 1 is 1.19 bits per heavy atom. The van der Waals surface area contributed by atoms with E-state index in [1.807, 2.05) is 0 Å². The molecule has 1 unspecified atom stereocenters. The molecule has 2 rings (SSSR count). The normalized spacial score (nSPS) is 30.7. The van der Waals surface area contributed by atoms with Crippen LogP contribution in [-0.4, -0.2) is 18.6 Å². The fourth-order valence-electron chi connectivity index (χ4n) is 2.66. The smallest absolute Gasteiger partial charge is 0.391 e. The monoisotopic (exact) mass is 306 g/mol. The molecular weight excluding hydrogens is 288 g/mol. The van der Waals surface area contributed by atoms with Crippen LogP contribution in [0, 0.1) is 17.8 Å². The average Bonchev–Trinajstić information content (AvgIpc) is 2.42. The van der Waals surface area contributed by atoms with E-state index in [1.165, 1.54) is 19.1 Å². The summed E-state index contributed by atoms with van der Waals surface area (Å²) in [6, 6.07) is 0. The van der Waals surface area contributed by atoms with Crippen LogP contribution in [0.3, 0.4) is 0 Å². The molecule has 0 N–H and O–H groups in total. The molecule has 1 atom stereocenters. The summed E-state index contributed by atoms with van der Waals surface area (Å²) in [5.74, 6) is -2.71. The molecule has 0 aliphatic heterocycles. The number of carbonyl (C=O) groups excluding carboxylic acids is 1. The second-order valence-corrected chi connectivity index (χ2v) is 5.77. The highest BCUT2D eigenvalue weighted by Gasteiger charge is 2.41. The van der Waals surface area contributed by atoms with Crippen LogP contribution in [-0.2, 0) is 9.53 Å². The van der Waals surface area contributed by atoms with Gasteiger partial charge in [0.05, 0.1) is 18.4 Å². The highest BCUT2D eigenvalue weighted by Crippen LogP contribution is 2.39. The Labute approximate surface area is 120 Å². The van der Waals surface area contributed by atoms with Crippen LogP contribution in [0.1, 0.15) is 32.6 Å². The van der Waals surface area contributed by atoms with Crippen LogP contribution in [0.15, 0.2) is 23.7 Å². The van der Waals surface area contributed by atoms with Gasteiger partial charge in [-0.3, -0.25) is 4.79 Å². The summed E-state index contributed by atoms with van der Waals surface area (Å²) < 4.78 is 56.4. The van der Waals surface area contributed by atoms with E-state index in [0.29, 0.717) is 12.8 Å². The summed E-state index contributed by atoms with van der Waals surface area (Å²) in [5.41, 5.74) is 0. The number of alkyl halides is 3. The molecule has 1 fully saturated rings. The number of carbonyl (C=O) groups is 1. The number of hydrogen-bond acceptors (Lipinski definition) is 2. The van der Waals surface area contributed by atoms with E-state index in [9.17, 15) is 22.4 Å². The van der Waals surface area contributed by atoms with Crippen molar-refractivity contribution in [2.24, 2.45) is 17.8 Å². The van der Waals surface area contributed by atoms with E-state index >= 15 is 0 Å². The van der Waals surface area contributed by atoms with Crippen LogP contribution < -0.4 is 0 Å². The zero-order valence-corrected chi connectivity index (χ0v) is 11.8. The van der Waals surface area contributed by atoms with Crippen molar-refractivity contribution in [3.8, 4) is 0 Å². The molecule has 21 heavy (non-hydrogen) atoms. The quantitative estimate of drug-likeness (QED) is 0.726. The molecular formula is C15H18F4O2. The van der Waals surface area contributed by atoms with Crippen LogP contribution in [0.2, 0.25) is 0 Å². The van der Waals surface area contributed by atoms with Crippen molar-refractivity contribution in [3.63, 3.8) is 0 Å². The summed E-state index contributed by atoms with van der Waals surface area (Å²) >= 11 is 0. The van der Waals surface area contributed by atoms with Crippen molar-refractivity contribution < 1.29 is 27.1 Å². The lowest BCUT2D eigenvalue weighted by atomic mass is 9.82. The van der Waals surface area contributed by atoms with E-state index in [0.717, 1.165) is 0 Å². The van der Waals surface area contributed by atoms with Gasteiger partial charge in [-0.15, -0.1) is 0 Å². The van der Waals surface area contributed by atoms with Gasteiger partial charge >= 0.3 is 6.18 Å². The Morgan fingerprint density at radius 3 is 2.33 bits per heavy atom. The van der Waals surface area contributed by atoms with E-state index < -0.39 is 23.8 Å². The molecule has 0 saturated heterocycles. The number of hydrogen-bond donors (Lipinski definition) is 0. The van der Waals surface area contributed by atoms with Gasteiger partial charge in [-0.1, -0.05) is 0 Å². The molecule has 0 aromatic heterocycles. The van der Waals surface area contributed by atoms with Gasteiger partial charge in [0.15, 0.2) is 5.78 Å². The molecule has 0 bridgehead atoms. The maximum Gasteiger partial charge on any atom is 0.391 e. The third kappa shape index (κ3) is 4.08. The molecule has 0 spiro atoms. The van der Waals surface area contributed by atoms with E-state index in [2.05, 4.69) is 0 Å². The third-order valence-electron chi connectivity index (χ3n) is 4.20. The van der Waals surface area contributed by atoms with Crippen molar-refractivity contribution in [1.29, 1.82) is 0 Å². The van der Waals surface area contributed by atoms with Crippen LogP contribution >= 0.6 is 0 Å². The summed E-state index contributed by atoms with van der Waals surface area (Å²) in [6.45, 7) is 1.70. The van der Waals surface area contributed by atoms with Crippen LogP contribution in [0.4, 0.5) is 17.6 Å². The predicted molar refractivity (Wildman–Crippen MR) is 68.9 cm³/mol. The van der Waals surface area contributed by atoms with Gasteiger partial charge in [-0.2, -0.15) is 13.2 Å². The zero-order chi connectivity index (χ0) is 15.6. The minimum absolute atomic E-state index is 0.0235. The number of rotatable bonds is 3. The number of ether oxygens (including phenoxy) is 1. The lowest BCUT2D eigenvalue weighted by Crippen LogP contribution is -2.29. The first-order chi connectivity index (χ1) is 9.77. The molecule has 0 aromatic rings.